The third-order valence-electron chi connectivity index (χ3n) is 5.55. The van der Waals surface area contributed by atoms with Crippen LogP contribution in [-0.4, -0.2) is 78.8 Å². The van der Waals surface area contributed by atoms with E-state index in [0.29, 0.717) is 11.4 Å². The quantitative estimate of drug-likeness (QED) is 0.406. The zero-order chi connectivity index (χ0) is 25.1. The average molecular weight is 477 g/mol. The fraction of sp³-hybridized carbons (Fsp3) is 0.227. The number of fused-ring (bicyclic) bond motifs is 1. The minimum atomic E-state index is -1.31. The van der Waals surface area contributed by atoms with E-state index >= 15 is 0 Å². The highest BCUT2D eigenvalue weighted by Gasteiger charge is 2.36. The lowest BCUT2D eigenvalue weighted by atomic mass is 10.1. The van der Waals surface area contributed by atoms with Crippen LogP contribution >= 0.6 is 0 Å². The molecular weight excluding hydrogens is 458 g/mol. The molecule has 0 unspecified atom stereocenters. The molecule has 13 heteroatoms. The number of pyridine rings is 3. The predicted molar refractivity (Wildman–Crippen MR) is 120 cm³/mol. The first kappa shape index (κ1) is 23.2. The number of amides is 2. The zero-order valence-corrected chi connectivity index (χ0v) is 18.1. The summed E-state index contributed by atoms with van der Waals surface area (Å²) in [6.45, 7) is 0.243. The summed E-state index contributed by atoms with van der Waals surface area (Å²) in [4.78, 5) is 50.3. The Hall–Kier alpha value is -4.99. The molecule has 0 aliphatic carbocycles. The van der Waals surface area contributed by atoms with Crippen LogP contribution in [0.3, 0.4) is 0 Å². The smallest absolute Gasteiger partial charge is 0.408 e. The first-order valence-electron chi connectivity index (χ1n) is 10.4. The Labute approximate surface area is 197 Å². The maximum Gasteiger partial charge on any atom is 0.408 e. The van der Waals surface area contributed by atoms with Gasteiger partial charge in [0, 0.05) is 31.2 Å². The Balaban J connectivity index is 1.51. The number of nitriles is 1. The number of aliphatic carboxylic acids is 1. The molecule has 2 amide bonds. The lowest BCUT2D eigenvalue weighted by Gasteiger charge is -2.38. The van der Waals surface area contributed by atoms with Crippen molar-refractivity contribution in [3.63, 3.8) is 0 Å². The van der Waals surface area contributed by atoms with Crippen molar-refractivity contribution in [2.75, 3.05) is 24.5 Å². The lowest BCUT2D eigenvalue weighted by Crippen LogP contribution is -2.58. The zero-order valence-electron chi connectivity index (χ0n) is 18.1. The van der Waals surface area contributed by atoms with Gasteiger partial charge in [-0.1, -0.05) is 6.07 Å². The molecule has 3 aromatic rings. The number of nitrogens with one attached hydrogen (secondary N) is 1. The van der Waals surface area contributed by atoms with Crippen LogP contribution in [-0.2, 0) is 11.3 Å². The van der Waals surface area contributed by atoms with Gasteiger partial charge in [0.1, 0.15) is 23.6 Å². The van der Waals surface area contributed by atoms with Gasteiger partial charge in [-0.05, 0) is 23.8 Å². The SMILES string of the molecule is N#Cc1ccc(CNC(=O)c2ncc3nc(N4CCN(C(=O)O)[C@@H](C(=O)O)C4)ccc3c2O)cn1. The molecule has 0 saturated carbocycles. The molecule has 0 bridgehead atoms. The molecule has 13 nitrogen and oxygen atoms in total. The summed E-state index contributed by atoms with van der Waals surface area (Å²) in [6, 6.07) is 6.93. The van der Waals surface area contributed by atoms with Crippen LogP contribution in [0.4, 0.5) is 10.6 Å². The van der Waals surface area contributed by atoms with E-state index in [-0.39, 0.29) is 54.2 Å². The van der Waals surface area contributed by atoms with E-state index in [1.54, 1.807) is 17.0 Å². The molecule has 1 saturated heterocycles. The van der Waals surface area contributed by atoms with Gasteiger partial charge in [-0.25, -0.2) is 24.5 Å². The van der Waals surface area contributed by atoms with Gasteiger partial charge in [0.15, 0.2) is 11.4 Å². The summed E-state index contributed by atoms with van der Waals surface area (Å²) >= 11 is 0. The van der Waals surface area contributed by atoms with Crippen molar-refractivity contribution in [3.05, 3.63) is 53.6 Å². The molecule has 4 rings (SSSR count). The molecular formula is C22H19N7O6. The van der Waals surface area contributed by atoms with E-state index in [0.717, 1.165) is 4.90 Å². The Bertz CT molecular complexity index is 1350. The summed E-state index contributed by atoms with van der Waals surface area (Å²) in [7, 11) is 0. The van der Waals surface area contributed by atoms with Crippen molar-refractivity contribution in [2.45, 2.75) is 12.6 Å². The van der Waals surface area contributed by atoms with Crippen molar-refractivity contribution in [3.8, 4) is 11.8 Å². The molecule has 0 spiro atoms. The topological polar surface area (TPSA) is 193 Å². The Kier molecular flexibility index (Phi) is 6.27. The highest BCUT2D eigenvalue weighted by molar-refractivity contribution is 6.00. The average Bonchev–Trinajstić information content (AvgIpc) is 2.87. The molecule has 0 radical (unpaired) electrons. The number of aromatic nitrogens is 3. The number of carboxylic acid groups (broad SMARTS) is 2. The van der Waals surface area contributed by atoms with Gasteiger partial charge in [-0.3, -0.25) is 9.69 Å². The molecule has 178 valence electrons. The van der Waals surface area contributed by atoms with Crippen molar-refractivity contribution in [2.24, 2.45) is 0 Å². The van der Waals surface area contributed by atoms with E-state index in [1.165, 1.54) is 24.5 Å². The number of aromatic hydroxyl groups is 1. The van der Waals surface area contributed by atoms with E-state index in [1.807, 2.05) is 6.07 Å². The van der Waals surface area contributed by atoms with Crippen LogP contribution in [0.1, 0.15) is 21.7 Å². The number of carbonyl (C=O) groups excluding carboxylic acids is 1. The van der Waals surface area contributed by atoms with Crippen molar-refractivity contribution in [1.29, 1.82) is 5.26 Å². The highest BCUT2D eigenvalue weighted by Crippen LogP contribution is 2.28. The summed E-state index contributed by atoms with van der Waals surface area (Å²) in [5.74, 6) is -1.85. The van der Waals surface area contributed by atoms with Gasteiger partial charge in [0.05, 0.1) is 18.3 Å². The van der Waals surface area contributed by atoms with E-state index < -0.39 is 24.0 Å². The lowest BCUT2D eigenvalue weighted by molar-refractivity contribution is -0.142. The van der Waals surface area contributed by atoms with E-state index in [2.05, 4.69) is 20.3 Å². The standard InChI is InChI=1S/C22H19N7O6/c23-7-13-2-1-12(8-24-13)9-26-20(31)18-19(30)14-3-4-17(27-15(14)10-25-18)28-5-6-29(22(34)35)16(11-28)21(32)33/h1-4,8,10,16,30H,5-6,9,11H2,(H,26,31)(H,32,33)(H,34,35)/t16-/m1/s1. The minimum Gasteiger partial charge on any atom is -0.505 e. The van der Waals surface area contributed by atoms with Crippen LogP contribution in [0.5, 0.6) is 5.75 Å². The van der Waals surface area contributed by atoms with Crippen molar-refractivity contribution < 1.29 is 29.7 Å². The van der Waals surface area contributed by atoms with Crippen LogP contribution in [0.25, 0.3) is 10.9 Å². The van der Waals surface area contributed by atoms with Gasteiger partial charge >= 0.3 is 12.1 Å². The summed E-state index contributed by atoms with van der Waals surface area (Å²) in [6.07, 6.45) is 1.47. The monoisotopic (exact) mass is 477 g/mol. The summed E-state index contributed by atoms with van der Waals surface area (Å²) in [5, 5.41) is 40.9. The largest absolute Gasteiger partial charge is 0.505 e. The number of nitrogens with zero attached hydrogens (tertiary/aromatic N) is 6. The summed E-state index contributed by atoms with van der Waals surface area (Å²) in [5.41, 5.74) is 0.990. The van der Waals surface area contributed by atoms with Gasteiger partial charge < -0.3 is 25.5 Å². The Morgan fingerprint density at radius 3 is 2.57 bits per heavy atom. The first-order chi connectivity index (χ1) is 16.8. The Morgan fingerprint density at radius 1 is 1.11 bits per heavy atom. The van der Waals surface area contributed by atoms with Crippen molar-refractivity contribution in [1.82, 2.24) is 25.2 Å². The first-order valence-corrected chi connectivity index (χ1v) is 10.4. The number of carbonyl (C=O) groups is 3. The molecule has 3 aromatic heterocycles. The fourth-order valence-corrected chi connectivity index (χ4v) is 3.71. The Morgan fingerprint density at radius 2 is 1.91 bits per heavy atom. The number of piperazine rings is 1. The maximum atomic E-state index is 12.6. The molecule has 1 aliphatic heterocycles. The molecule has 0 aromatic carbocycles. The molecule has 4 N–H and O–H groups in total. The highest BCUT2D eigenvalue weighted by atomic mass is 16.4. The second-order valence-corrected chi connectivity index (χ2v) is 7.68. The number of hydrogen-bond donors (Lipinski definition) is 4. The second kappa shape index (κ2) is 9.48. The molecule has 1 atom stereocenters. The third kappa shape index (κ3) is 4.71. The summed E-state index contributed by atoms with van der Waals surface area (Å²) < 4.78 is 0. The van der Waals surface area contributed by atoms with Gasteiger partial charge in [-0.2, -0.15) is 5.26 Å². The fourth-order valence-electron chi connectivity index (χ4n) is 3.71. The van der Waals surface area contributed by atoms with Crippen LogP contribution in [0.2, 0.25) is 0 Å². The molecule has 1 fully saturated rings. The maximum absolute atomic E-state index is 12.6. The van der Waals surface area contributed by atoms with Crippen molar-refractivity contribution >= 4 is 34.7 Å². The molecule has 1 aliphatic rings. The van der Waals surface area contributed by atoms with Gasteiger partial charge in [0.2, 0.25) is 0 Å². The van der Waals surface area contributed by atoms with Crippen LogP contribution < -0.4 is 10.2 Å². The molecule has 4 heterocycles. The number of rotatable bonds is 5. The predicted octanol–water partition coefficient (Wildman–Crippen LogP) is 0.785. The number of anilines is 1. The molecule has 35 heavy (non-hydrogen) atoms. The number of carboxylic acids is 1. The van der Waals surface area contributed by atoms with Crippen LogP contribution in [0, 0.1) is 11.3 Å². The van der Waals surface area contributed by atoms with E-state index in [4.69, 9.17) is 5.26 Å². The minimum absolute atomic E-state index is 0.0105. The number of hydrogen-bond acceptors (Lipinski definition) is 9. The normalized spacial score (nSPS) is 15.5. The van der Waals surface area contributed by atoms with Crippen LogP contribution in [0.15, 0.2) is 36.7 Å². The second-order valence-electron chi connectivity index (χ2n) is 7.68. The van der Waals surface area contributed by atoms with Gasteiger partial charge in [-0.15, -0.1) is 0 Å². The third-order valence-corrected chi connectivity index (χ3v) is 5.55. The van der Waals surface area contributed by atoms with Gasteiger partial charge in [0.25, 0.3) is 5.91 Å². The van der Waals surface area contributed by atoms with E-state index in [9.17, 15) is 29.7 Å².